The van der Waals surface area contributed by atoms with E-state index in [-0.39, 0.29) is 11.7 Å². The Morgan fingerprint density at radius 3 is 2.67 bits per heavy atom. The minimum Gasteiger partial charge on any atom is -0.494 e. The van der Waals surface area contributed by atoms with Crippen LogP contribution in [0.5, 0.6) is 5.75 Å². The van der Waals surface area contributed by atoms with Crippen molar-refractivity contribution in [3.8, 4) is 5.75 Å². The van der Waals surface area contributed by atoms with Crippen LogP contribution in [0, 0.1) is 5.82 Å². The summed E-state index contributed by atoms with van der Waals surface area (Å²) < 4.78 is 18.4. The Labute approximate surface area is 142 Å². The van der Waals surface area contributed by atoms with Gasteiger partial charge in [0.25, 0.3) is 0 Å². The van der Waals surface area contributed by atoms with Gasteiger partial charge in [-0.25, -0.2) is 4.39 Å². The molecule has 0 fully saturated rings. The predicted molar refractivity (Wildman–Crippen MR) is 94.4 cm³/mol. The van der Waals surface area contributed by atoms with Crippen molar-refractivity contribution in [2.45, 2.75) is 19.3 Å². The van der Waals surface area contributed by atoms with Gasteiger partial charge in [0.2, 0.25) is 5.91 Å². The van der Waals surface area contributed by atoms with Crippen LogP contribution in [0.1, 0.15) is 24.0 Å². The molecule has 2 rings (SSSR count). The molecule has 0 unspecified atom stereocenters. The van der Waals surface area contributed by atoms with E-state index in [4.69, 9.17) is 4.74 Å². The molecule has 0 aliphatic heterocycles. The maximum Gasteiger partial charge on any atom is 0.243 e. The van der Waals surface area contributed by atoms with E-state index in [9.17, 15) is 9.18 Å². The van der Waals surface area contributed by atoms with Gasteiger partial charge in [-0.05, 0) is 48.6 Å². The van der Waals surface area contributed by atoms with Crippen molar-refractivity contribution in [2.24, 2.45) is 0 Å². The first-order valence-electron chi connectivity index (χ1n) is 8.02. The van der Waals surface area contributed by atoms with Crippen LogP contribution < -0.4 is 10.1 Å². The zero-order chi connectivity index (χ0) is 17.2. The molecule has 2 aromatic rings. The molecular weight excluding hydrogens is 305 g/mol. The highest BCUT2D eigenvalue weighted by Crippen LogP contribution is 2.18. The average molecular weight is 327 g/mol. The van der Waals surface area contributed by atoms with Gasteiger partial charge in [-0.15, -0.1) is 0 Å². The lowest BCUT2D eigenvalue weighted by molar-refractivity contribution is -0.116. The topological polar surface area (TPSA) is 38.3 Å². The molecule has 24 heavy (non-hydrogen) atoms. The smallest absolute Gasteiger partial charge is 0.243 e. The van der Waals surface area contributed by atoms with Crippen molar-refractivity contribution in [3.05, 3.63) is 71.6 Å². The van der Waals surface area contributed by atoms with Crippen LogP contribution in [0.3, 0.4) is 0 Å². The van der Waals surface area contributed by atoms with Gasteiger partial charge in [0.05, 0.1) is 7.11 Å². The number of halogens is 1. The number of amides is 1. The summed E-state index contributed by atoms with van der Waals surface area (Å²) in [5.74, 6) is -0.429. The minimum atomic E-state index is -0.444. The molecule has 4 heteroatoms. The van der Waals surface area contributed by atoms with Crippen LogP contribution in [0.4, 0.5) is 4.39 Å². The van der Waals surface area contributed by atoms with Gasteiger partial charge in [0.1, 0.15) is 0 Å². The summed E-state index contributed by atoms with van der Waals surface area (Å²) in [5, 5.41) is 2.83. The van der Waals surface area contributed by atoms with Crippen molar-refractivity contribution in [2.75, 3.05) is 13.7 Å². The standard InChI is InChI=1S/C20H22FNO2/c1-24-19-12-10-17(15-18(19)21)11-13-20(23)22-14-6-5-9-16-7-3-2-4-8-16/h2-4,7-8,10-13,15H,5-6,9,14H2,1H3,(H,22,23)/b13-11+. The van der Waals surface area contributed by atoms with Crippen molar-refractivity contribution < 1.29 is 13.9 Å². The summed E-state index contributed by atoms with van der Waals surface area (Å²) in [6.45, 7) is 0.632. The monoisotopic (exact) mass is 327 g/mol. The van der Waals surface area contributed by atoms with Gasteiger partial charge in [0, 0.05) is 12.6 Å². The lowest BCUT2D eigenvalue weighted by atomic mass is 10.1. The quantitative estimate of drug-likeness (QED) is 0.588. The Morgan fingerprint density at radius 2 is 1.96 bits per heavy atom. The van der Waals surface area contributed by atoms with Crippen molar-refractivity contribution in [3.63, 3.8) is 0 Å². The fourth-order valence-corrected chi connectivity index (χ4v) is 2.33. The van der Waals surface area contributed by atoms with Crippen molar-refractivity contribution in [1.82, 2.24) is 5.32 Å². The lowest BCUT2D eigenvalue weighted by Crippen LogP contribution is -2.22. The van der Waals surface area contributed by atoms with E-state index in [1.807, 2.05) is 18.2 Å². The highest BCUT2D eigenvalue weighted by atomic mass is 19.1. The first-order chi connectivity index (χ1) is 11.7. The second-order valence-corrected chi connectivity index (χ2v) is 5.46. The Kier molecular flexibility index (Phi) is 7.02. The average Bonchev–Trinajstić information content (AvgIpc) is 2.60. The molecule has 0 atom stereocenters. The number of methoxy groups -OCH3 is 1. The molecule has 0 saturated carbocycles. The molecule has 1 N–H and O–H groups in total. The molecule has 0 saturated heterocycles. The van der Waals surface area contributed by atoms with Crippen LogP contribution in [0.15, 0.2) is 54.6 Å². The molecule has 0 bridgehead atoms. The number of nitrogens with one attached hydrogen (secondary N) is 1. The van der Waals surface area contributed by atoms with Gasteiger partial charge in [0.15, 0.2) is 11.6 Å². The van der Waals surface area contributed by atoms with E-state index >= 15 is 0 Å². The Balaban J connectivity index is 1.68. The highest BCUT2D eigenvalue weighted by Gasteiger charge is 2.02. The molecule has 2 aromatic carbocycles. The molecule has 0 heterocycles. The first-order valence-corrected chi connectivity index (χ1v) is 8.02. The number of aryl methyl sites for hydroxylation is 1. The zero-order valence-electron chi connectivity index (χ0n) is 13.8. The Bertz CT molecular complexity index is 683. The van der Waals surface area contributed by atoms with E-state index in [1.54, 1.807) is 12.1 Å². The third-order valence-corrected chi connectivity index (χ3v) is 3.64. The molecule has 0 radical (unpaired) electrons. The molecule has 0 aromatic heterocycles. The van der Waals surface area contributed by atoms with Crippen LogP contribution in [-0.2, 0) is 11.2 Å². The number of hydrogen-bond donors (Lipinski definition) is 1. The van der Waals surface area contributed by atoms with E-state index in [0.29, 0.717) is 12.1 Å². The van der Waals surface area contributed by atoms with E-state index in [0.717, 1.165) is 19.3 Å². The van der Waals surface area contributed by atoms with E-state index in [1.165, 1.54) is 30.9 Å². The molecule has 0 aliphatic carbocycles. The van der Waals surface area contributed by atoms with Crippen molar-refractivity contribution >= 4 is 12.0 Å². The maximum atomic E-state index is 13.5. The molecule has 1 amide bonds. The molecule has 0 aliphatic rings. The maximum absolute atomic E-state index is 13.5. The SMILES string of the molecule is COc1ccc(/C=C/C(=O)NCCCCc2ccccc2)cc1F. The largest absolute Gasteiger partial charge is 0.494 e. The molecule has 0 spiro atoms. The van der Waals surface area contributed by atoms with Crippen molar-refractivity contribution in [1.29, 1.82) is 0 Å². The lowest BCUT2D eigenvalue weighted by Gasteiger charge is -2.03. The van der Waals surface area contributed by atoms with E-state index in [2.05, 4.69) is 17.4 Å². The summed E-state index contributed by atoms with van der Waals surface area (Å²) in [5.41, 5.74) is 1.93. The summed E-state index contributed by atoms with van der Waals surface area (Å²) in [7, 11) is 1.42. The van der Waals surface area contributed by atoms with Crippen LogP contribution in [0.2, 0.25) is 0 Å². The third kappa shape index (κ3) is 5.88. The van der Waals surface area contributed by atoms with Gasteiger partial charge < -0.3 is 10.1 Å². The fourth-order valence-electron chi connectivity index (χ4n) is 2.33. The fraction of sp³-hybridized carbons (Fsp3) is 0.250. The number of carbonyl (C=O) groups is 1. The van der Waals surface area contributed by atoms with Gasteiger partial charge in [-0.2, -0.15) is 0 Å². The number of unbranched alkanes of at least 4 members (excludes halogenated alkanes) is 1. The van der Waals surface area contributed by atoms with Gasteiger partial charge in [-0.3, -0.25) is 4.79 Å². The summed E-state index contributed by atoms with van der Waals surface area (Å²) in [6, 6.07) is 14.9. The molecular formula is C20H22FNO2. The summed E-state index contributed by atoms with van der Waals surface area (Å²) in [6.07, 6.45) is 5.96. The number of ether oxygens (including phenoxy) is 1. The van der Waals surface area contributed by atoms with Crippen LogP contribution in [-0.4, -0.2) is 19.6 Å². The molecule has 126 valence electrons. The van der Waals surface area contributed by atoms with Crippen LogP contribution >= 0.6 is 0 Å². The number of hydrogen-bond acceptors (Lipinski definition) is 2. The second-order valence-electron chi connectivity index (χ2n) is 5.46. The van der Waals surface area contributed by atoms with E-state index < -0.39 is 5.82 Å². The number of benzene rings is 2. The normalized spacial score (nSPS) is 10.8. The zero-order valence-corrected chi connectivity index (χ0v) is 13.8. The summed E-state index contributed by atoms with van der Waals surface area (Å²) >= 11 is 0. The van der Waals surface area contributed by atoms with Crippen LogP contribution in [0.25, 0.3) is 6.08 Å². The number of carbonyl (C=O) groups excluding carboxylic acids is 1. The second kappa shape index (κ2) is 9.50. The molecule has 3 nitrogen and oxygen atoms in total. The summed E-state index contributed by atoms with van der Waals surface area (Å²) in [4.78, 5) is 11.7. The number of rotatable bonds is 8. The highest BCUT2D eigenvalue weighted by molar-refractivity contribution is 5.91. The Morgan fingerprint density at radius 1 is 1.17 bits per heavy atom. The van der Waals surface area contributed by atoms with Gasteiger partial charge in [-0.1, -0.05) is 36.4 Å². The third-order valence-electron chi connectivity index (χ3n) is 3.64. The Hall–Kier alpha value is -2.62. The first kappa shape index (κ1) is 17.7. The predicted octanol–water partition coefficient (Wildman–Crippen LogP) is 3.99. The minimum absolute atomic E-state index is 0.175. The van der Waals surface area contributed by atoms with Gasteiger partial charge >= 0.3 is 0 Å².